The number of pyridine rings is 1. The van der Waals surface area contributed by atoms with Crippen LogP contribution in [0.15, 0.2) is 47.2 Å². The Labute approximate surface area is 142 Å². The molecule has 6 heteroatoms. The first-order valence-corrected chi connectivity index (χ1v) is 8.38. The normalized spacial score (nSPS) is 17.5. The molecule has 1 saturated heterocycles. The molecular weight excluding hydrogens is 304 g/mol. The van der Waals surface area contributed by atoms with E-state index in [1.165, 1.54) is 0 Å². The van der Waals surface area contributed by atoms with Gasteiger partial charge in [-0.2, -0.15) is 0 Å². The zero-order valence-corrected chi connectivity index (χ0v) is 14.0. The summed E-state index contributed by atoms with van der Waals surface area (Å²) in [6.07, 6.45) is 3.45. The van der Waals surface area contributed by atoms with Crippen LogP contribution in [0.2, 0.25) is 0 Å². The Bertz CT molecular complexity index is 622. The fraction of sp³-hybridized carbons (Fsp3) is 0.444. The van der Waals surface area contributed by atoms with Crippen molar-refractivity contribution in [2.24, 2.45) is 0 Å². The minimum atomic E-state index is -0.0991. The summed E-state index contributed by atoms with van der Waals surface area (Å²) in [6, 6.07) is 9.61. The molecule has 0 radical (unpaired) electrons. The van der Waals surface area contributed by atoms with Gasteiger partial charge in [0.25, 0.3) is 0 Å². The van der Waals surface area contributed by atoms with Crippen LogP contribution in [0.1, 0.15) is 24.4 Å². The summed E-state index contributed by atoms with van der Waals surface area (Å²) in [4.78, 5) is 21.1. The highest BCUT2D eigenvalue weighted by Gasteiger charge is 2.20. The van der Waals surface area contributed by atoms with Crippen LogP contribution in [0.5, 0.6) is 0 Å². The van der Waals surface area contributed by atoms with Crippen molar-refractivity contribution in [3.05, 3.63) is 54.2 Å². The molecule has 0 bridgehead atoms. The van der Waals surface area contributed by atoms with Gasteiger partial charge in [0.15, 0.2) is 0 Å². The van der Waals surface area contributed by atoms with Gasteiger partial charge in [0.1, 0.15) is 5.76 Å². The molecule has 1 fully saturated rings. The Morgan fingerprint density at radius 3 is 2.67 bits per heavy atom. The summed E-state index contributed by atoms with van der Waals surface area (Å²) in [6.45, 7) is 6.94. The van der Waals surface area contributed by atoms with Crippen molar-refractivity contribution in [1.82, 2.24) is 20.1 Å². The Kier molecular flexibility index (Phi) is 5.61. The quantitative estimate of drug-likeness (QED) is 0.874. The van der Waals surface area contributed by atoms with E-state index in [0.29, 0.717) is 6.54 Å². The van der Waals surface area contributed by atoms with E-state index in [-0.39, 0.29) is 11.9 Å². The number of hydrogen-bond acceptors (Lipinski definition) is 5. The second kappa shape index (κ2) is 8.08. The molecule has 3 heterocycles. The predicted molar refractivity (Wildman–Crippen MR) is 91.2 cm³/mol. The first-order valence-electron chi connectivity index (χ1n) is 8.38. The summed E-state index contributed by atoms with van der Waals surface area (Å²) in [5.74, 6) is 0.820. The maximum Gasteiger partial charge on any atom is 0.234 e. The van der Waals surface area contributed by atoms with E-state index in [1.54, 1.807) is 6.26 Å². The number of hydrogen-bond donors (Lipinski definition) is 1. The number of nitrogens with zero attached hydrogens (tertiary/aromatic N) is 3. The average molecular weight is 328 g/mol. The van der Waals surface area contributed by atoms with E-state index in [9.17, 15) is 4.79 Å². The van der Waals surface area contributed by atoms with Gasteiger partial charge in [0.05, 0.1) is 24.5 Å². The van der Waals surface area contributed by atoms with E-state index >= 15 is 0 Å². The molecule has 1 atom stereocenters. The second-order valence-corrected chi connectivity index (χ2v) is 6.18. The minimum absolute atomic E-state index is 0.0390. The van der Waals surface area contributed by atoms with Crippen LogP contribution in [0, 0.1) is 0 Å². The van der Waals surface area contributed by atoms with E-state index in [4.69, 9.17) is 4.42 Å². The summed E-state index contributed by atoms with van der Waals surface area (Å²) in [7, 11) is 0. The summed E-state index contributed by atoms with van der Waals surface area (Å²) in [5.41, 5.74) is 1.09. The second-order valence-electron chi connectivity index (χ2n) is 6.18. The fourth-order valence-electron chi connectivity index (χ4n) is 2.93. The van der Waals surface area contributed by atoms with E-state index < -0.39 is 0 Å². The number of furan rings is 1. The van der Waals surface area contributed by atoms with Gasteiger partial charge in [-0.25, -0.2) is 0 Å². The first kappa shape index (κ1) is 16.7. The topological polar surface area (TPSA) is 61.6 Å². The van der Waals surface area contributed by atoms with Gasteiger partial charge in [-0.3, -0.25) is 19.6 Å². The van der Waals surface area contributed by atoms with Gasteiger partial charge in [-0.1, -0.05) is 6.07 Å². The number of nitrogens with one attached hydrogen (secondary N) is 1. The number of carbonyl (C=O) groups is 1. The first-order chi connectivity index (χ1) is 11.7. The van der Waals surface area contributed by atoms with Crippen molar-refractivity contribution in [2.75, 3.05) is 32.7 Å². The summed E-state index contributed by atoms with van der Waals surface area (Å²) < 4.78 is 5.32. The fourth-order valence-corrected chi connectivity index (χ4v) is 2.93. The predicted octanol–water partition coefficient (Wildman–Crippen LogP) is 1.67. The third kappa shape index (κ3) is 4.66. The van der Waals surface area contributed by atoms with Gasteiger partial charge in [-0.15, -0.1) is 0 Å². The average Bonchev–Trinajstić information content (AvgIpc) is 3.12. The van der Waals surface area contributed by atoms with Crippen LogP contribution in [0.25, 0.3) is 0 Å². The van der Waals surface area contributed by atoms with E-state index in [1.807, 2.05) is 37.4 Å². The molecule has 1 aliphatic heterocycles. The Morgan fingerprint density at radius 2 is 2.00 bits per heavy atom. The molecule has 2 aromatic rings. The van der Waals surface area contributed by atoms with Crippen molar-refractivity contribution < 1.29 is 9.21 Å². The number of carbonyl (C=O) groups excluding carboxylic acids is 1. The SMILES string of the molecule is CC(NC(=O)CN1CCN(Cc2ccccn2)CC1)c1ccco1. The minimum Gasteiger partial charge on any atom is -0.467 e. The lowest BCUT2D eigenvalue weighted by Crippen LogP contribution is -2.49. The van der Waals surface area contributed by atoms with Crippen molar-refractivity contribution in [2.45, 2.75) is 19.5 Å². The third-order valence-electron chi connectivity index (χ3n) is 4.29. The highest BCUT2D eigenvalue weighted by atomic mass is 16.3. The molecule has 0 aromatic carbocycles. The third-order valence-corrected chi connectivity index (χ3v) is 4.29. The molecule has 0 aliphatic carbocycles. The molecule has 6 nitrogen and oxygen atoms in total. The molecule has 1 aliphatic rings. The molecule has 24 heavy (non-hydrogen) atoms. The van der Waals surface area contributed by atoms with Crippen LogP contribution in [-0.2, 0) is 11.3 Å². The van der Waals surface area contributed by atoms with Crippen LogP contribution in [0.4, 0.5) is 0 Å². The van der Waals surface area contributed by atoms with Gasteiger partial charge in [-0.05, 0) is 31.2 Å². The number of rotatable bonds is 6. The smallest absolute Gasteiger partial charge is 0.234 e. The molecule has 128 valence electrons. The standard InChI is InChI=1S/C18H24N4O2/c1-15(17-6-4-12-24-17)20-18(23)14-22-10-8-21(9-11-22)13-16-5-2-3-7-19-16/h2-7,12,15H,8-11,13-14H2,1H3,(H,20,23). The maximum absolute atomic E-state index is 12.2. The van der Waals surface area contributed by atoms with E-state index in [2.05, 4.69) is 26.2 Å². The van der Waals surface area contributed by atoms with Gasteiger partial charge in [0.2, 0.25) is 5.91 Å². The molecule has 1 amide bonds. The van der Waals surface area contributed by atoms with Crippen molar-refractivity contribution in [1.29, 1.82) is 0 Å². The van der Waals surface area contributed by atoms with Gasteiger partial charge >= 0.3 is 0 Å². The maximum atomic E-state index is 12.2. The van der Waals surface area contributed by atoms with Crippen molar-refractivity contribution in [3.63, 3.8) is 0 Å². The molecule has 0 spiro atoms. The molecule has 1 N–H and O–H groups in total. The Morgan fingerprint density at radius 1 is 1.21 bits per heavy atom. The van der Waals surface area contributed by atoms with Crippen molar-refractivity contribution >= 4 is 5.91 Å². The highest BCUT2D eigenvalue weighted by Crippen LogP contribution is 2.12. The largest absolute Gasteiger partial charge is 0.467 e. The molecule has 3 rings (SSSR count). The monoisotopic (exact) mass is 328 g/mol. The zero-order chi connectivity index (χ0) is 16.8. The van der Waals surface area contributed by atoms with Crippen LogP contribution >= 0.6 is 0 Å². The Hall–Kier alpha value is -2.18. The number of aromatic nitrogens is 1. The lowest BCUT2D eigenvalue weighted by molar-refractivity contribution is -0.123. The lowest BCUT2D eigenvalue weighted by Gasteiger charge is -2.34. The number of amides is 1. The summed E-state index contributed by atoms with van der Waals surface area (Å²) >= 11 is 0. The molecule has 1 unspecified atom stereocenters. The zero-order valence-electron chi connectivity index (χ0n) is 14.0. The van der Waals surface area contributed by atoms with Gasteiger partial charge in [0, 0.05) is 38.9 Å². The highest BCUT2D eigenvalue weighted by molar-refractivity contribution is 5.78. The van der Waals surface area contributed by atoms with E-state index in [0.717, 1.165) is 44.2 Å². The van der Waals surface area contributed by atoms with Crippen LogP contribution in [-0.4, -0.2) is 53.4 Å². The molecule has 2 aromatic heterocycles. The number of piperazine rings is 1. The molecule has 0 saturated carbocycles. The van der Waals surface area contributed by atoms with Crippen LogP contribution in [0.3, 0.4) is 0 Å². The van der Waals surface area contributed by atoms with Crippen molar-refractivity contribution in [3.8, 4) is 0 Å². The van der Waals surface area contributed by atoms with Gasteiger partial charge < -0.3 is 9.73 Å². The Balaban J connectivity index is 1.39. The van der Waals surface area contributed by atoms with Crippen LogP contribution < -0.4 is 5.32 Å². The summed E-state index contributed by atoms with van der Waals surface area (Å²) in [5, 5.41) is 2.98. The molecular formula is C18H24N4O2. The lowest BCUT2D eigenvalue weighted by atomic mass is 10.2.